The Balaban J connectivity index is 1.39. The van der Waals surface area contributed by atoms with Crippen molar-refractivity contribution >= 4 is 22.5 Å². The van der Waals surface area contributed by atoms with Gasteiger partial charge in [0.25, 0.3) is 0 Å². The number of carbonyl (C=O) groups excluding carboxylic acids is 1. The molecule has 0 fully saturated rings. The van der Waals surface area contributed by atoms with E-state index in [2.05, 4.69) is 33.8 Å². The molecule has 1 spiro atoms. The number of phenols is 1. The van der Waals surface area contributed by atoms with Gasteiger partial charge in [-0.3, -0.25) is 4.79 Å². The van der Waals surface area contributed by atoms with Crippen LogP contribution in [0.25, 0.3) is 44.9 Å². The van der Waals surface area contributed by atoms with Crippen LogP contribution in [0, 0.1) is 5.92 Å². The molecule has 6 aromatic rings. The van der Waals surface area contributed by atoms with Crippen molar-refractivity contribution < 1.29 is 23.5 Å². The van der Waals surface area contributed by atoms with E-state index >= 15 is 0 Å². The Morgan fingerprint density at radius 2 is 1.93 bits per heavy atom. The Kier molecular flexibility index (Phi) is 4.80. The van der Waals surface area contributed by atoms with E-state index in [1.807, 2.05) is 44.3 Å². The fraction of sp³-hybridized carbons (Fsp3) is 0.229. The van der Waals surface area contributed by atoms with Crippen LogP contribution in [-0.2, 0) is 16.6 Å². The molecule has 4 aliphatic rings. The number of phenolic OH excluding ortho intramolecular Hbond substituents is 1. The van der Waals surface area contributed by atoms with Crippen LogP contribution in [0.4, 0.5) is 5.69 Å². The topological polar surface area (TPSA) is 164 Å². The van der Waals surface area contributed by atoms with Gasteiger partial charge in [-0.2, -0.15) is 0 Å². The highest BCUT2D eigenvalue weighted by atomic mass is 16.5. The first kappa shape index (κ1) is 25.7. The van der Waals surface area contributed by atoms with Crippen molar-refractivity contribution in [2.45, 2.75) is 44.0 Å². The fourth-order valence-electron chi connectivity index (χ4n) is 7.81. The van der Waals surface area contributed by atoms with E-state index in [0.29, 0.717) is 40.8 Å². The number of benzene rings is 3. The minimum atomic E-state index is -1.00. The van der Waals surface area contributed by atoms with Crippen LogP contribution in [0.15, 0.2) is 69.8 Å². The van der Waals surface area contributed by atoms with E-state index in [9.17, 15) is 9.90 Å². The van der Waals surface area contributed by atoms with Crippen molar-refractivity contribution in [3.05, 3.63) is 89.3 Å². The van der Waals surface area contributed by atoms with Crippen LogP contribution >= 0.6 is 0 Å². The van der Waals surface area contributed by atoms with Gasteiger partial charge >= 0.3 is 0 Å². The Morgan fingerprint density at radius 3 is 2.80 bits per heavy atom. The average molecular weight is 613 g/mol. The lowest BCUT2D eigenvalue weighted by atomic mass is 9.72. The van der Waals surface area contributed by atoms with Crippen LogP contribution < -0.4 is 21.1 Å². The number of aromatic nitrogens is 3. The predicted octanol–water partition coefficient (Wildman–Crippen LogP) is 5.34. The third-order valence-corrected chi connectivity index (χ3v) is 9.97. The number of nitrogens with zero attached hydrogens (tertiary/aromatic N) is 2. The number of aromatic hydroxyl groups is 1. The summed E-state index contributed by atoms with van der Waals surface area (Å²) >= 11 is 0. The van der Waals surface area contributed by atoms with Crippen molar-refractivity contribution in [3.63, 3.8) is 0 Å². The van der Waals surface area contributed by atoms with Gasteiger partial charge in [0.2, 0.25) is 17.7 Å². The van der Waals surface area contributed by atoms with Crippen LogP contribution in [0.3, 0.4) is 0 Å². The van der Waals surface area contributed by atoms with E-state index in [-0.39, 0.29) is 23.5 Å². The number of H-pyrrole nitrogens is 1. The summed E-state index contributed by atoms with van der Waals surface area (Å²) < 4.78 is 20.2. The number of amides is 1. The van der Waals surface area contributed by atoms with E-state index in [4.69, 9.17) is 29.3 Å². The Labute approximate surface area is 261 Å². The number of oxazole rings is 2. The zero-order chi connectivity index (χ0) is 31.1. The molecule has 4 atom stereocenters. The van der Waals surface area contributed by atoms with Gasteiger partial charge in [-0.25, -0.2) is 9.97 Å². The van der Waals surface area contributed by atoms with Gasteiger partial charge in [0.1, 0.15) is 23.0 Å². The van der Waals surface area contributed by atoms with Gasteiger partial charge in [0, 0.05) is 39.5 Å². The molecular weight excluding hydrogens is 584 g/mol. The summed E-state index contributed by atoms with van der Waals surface area (Å²) in [6.07, 6.45) is 3.22. The fourth-order valence-corrected chi connectivity index (χ4v) is 7.81. The van der Waals surface area contributed by atoms with Crippen molar-refractivity contribution in [1.82, 2.24) is 20.3 Å². The maximum absolute atomic E-state index is 13.4. The van der Waals surface area contributed by atoms with Gasteiger partial charge in [0.15, 0.2) is 23.4 Å². The highest BCUT2D eigenvalue weighted by Crippen LogP contribution is 2.61. The molecule has 0 aliphatic carbocycles. The number of hydrogen-bond acceptors (Lipinski definition) is 9. The summed E-state index contributed by atoms with van der Waals surface area (Å²) in [6, 6.07) is 14.4. The highest BCUT2D eigenvalue weighted by Gasteiger charge is 2.61. The normalized spacial score (nSPS) is 23.3. The number of aromatic amines is 1. The van der Waals surface area contributed by atoms with Gasteiger partial charge in [-0.15, -0.1) is 0 Å². The first-order valence-electron chi connectivity index (χ1n) is 15.4. The molecule has 228 valence electrons. The highest BCUT2D eigenvalue weighted by molar-refractivity contribution is 6.09. The average Bonchev–Trinajstić information content (AvgIpc) is 3.85. The zero-order valence-electron chi connectivity index (χ0n) is 24.8. The smallest absolute Gasteiger partial charge is 0.249 e. The molecule has 2 unspecified atom stereocenters. The van der Waals surface area contributed by atoms with Crippen LogP contribution in [0.5, 0.6) is 11.5 Å². The number of hydrogen-bond donors (Lipinski definition) is 5. The molecule has 46 heavy (non-hydrogen) atoms. The molecule has 11 heteroatoms. The summed E-state index contributed by atoms with van der Waals surface area (Å²) in [6.45, 7) is 4.00. The van der Waals surface area contributed by atoms with Crippen LogP contribution in [-0.4, -0.2) is 38.2 Å². The van der Waals surface area contributed by atoms with Gasteiger partial charge in [0.05, 0.1) is 17.8 Å². The predicted molar refractivity (Wildman–Crippen MR) is 168 cm³/mol. The lowest BCUT2D eigenvalue weighted by Crippen LogP contribution is -2.45. The molecule has 7 heterocycles. The maximum Gasteiger partial charge on any atom is 0.249 e. The summed E-state index contributed by atoms with van der Waals surface area (Å²) in [5, 5.41) is 18.5. The third-order valence-electron chi connectivity index (χ3n) is 9.97. The number of fused-ring (bicyclic) bond motifs is 7. The summed E-state index contributed by atoms with van der Waals surface area (Å²) in [4.78, 5) is 26.4. The second kappa shape index (κ2) is 8.58. The molecule has 0 radical (unpaired) electrons. The summed E-state index contributed by atoms with van der Waals surface area (Å²) in [7, 11) is 0. The van der Waals surface area contributed by atoms with E-state index < -0.39 is 23.7 Å². The number of nitrogens with one attached hydrogen (secondary N) is 3. The monoisotopic (exact) mass is 612 g/mol. The quantitative estimate of drug-likeness (QED) is 0.165. The second-order valence-electron chi connectivity index (χ2n) is 12.9. The van der Waals surface area contributed by atoms with Crippen molar-refractivity contribution in [2.75, 3.05) is 5.32 Å². The summed E-state index contributed by atoms with van der Waals surface area (Å²) in [5.74, 6) is 2.07. The molecular formula is C35H28N6O5. The lowest BCUT2D eigenvalue weighted by molar-refractivity contribution is -0.123. The minimum absolute atomic E-state index is 0.0712. The standard InChI is InChI=1S/C35H28N6O5/c1-14(2)26-33-40-29-30(46-33)35-19-5-3-4-17(16-7-8-22(42)28-25(16)18(12-37-28)24-13-38-32(29)44-24)27(19)41-34(35)45-23-9-6-15(10-20(23)35)11-21(36)31(43)39-26/h3-10,12-14,21,26,34,37,41-42H,11,36H2,1-2H3,(H,39,43)/t21-,26-,34?,35?/m0/s1. The van der Waals surface area contributed by atoms with E-state index in [1.165, 1.54) is 0 Å². The Morgan fingerprint density at radius 1 is 1.04 bits per heavy atom. The second-order valence-corrected chi connectivity index (χ2v) is 12.9. The SMILES string of the molecule is CC(C)[C@@H]1NC(=O)[C@@H](N)Cc2ccc3c(c2)C24c5cccc(c5NC2O3)-c2ccc(O)c3[nH]cc(c23)-c2cnc(o2)-c2nc1oc24. The molecule has 0 saturated carbocycles. The number of rotatable bonds is 1. The van der Waals surface area contributed by atoms with E-state index in [1.54, 1.807) is 12.3 Å². The molecule has 4 aliphatic heterocycles. The molecule has 10 bridgehead atoms. The molecule has 1 amide bonds. The number of anilines is 1. The number of para-hydroxylation sites is 1. The Hall–Kier alpha value is -5.55. The zero-order valence-corrected chi connectivity index (χ0v) is 24.8. The molecule has 11 nitrogen and oxygen atoms in total. The van der Waals surface area contributed by atoms with Crippen molar-refractivity contribution in [1.29, 1.82) is 0 Å². The molecule has 6 N–H and O–H groups in total. The lowest BCUT2D eigenvalue weighted by Gasteiger charge is -2.28. The number of carbonyl (C=O) groups is 1. The molecule has 3 aromatic carbocycles. The van der Waals surface area contributed by atoms with Gasteiger partial charge in [-0.05, 0) is 41.7 Å². The molecule has 0 saturated heterocycles. The van der Waals surface area contributed by atoms with Crippen LogP contribution in [0.2, 0.25) is 0 Å². The largest absolute Gasteiger partial charge is 0.506 e. The molecule has 3 aromatic heterocycles. The number of ether oxygens (including phenoxy) is 1. The maximum atomic E-state index is 13.4. The summed E-state index contributed by atoms with van der Waals surface area (Å²) in [5.41, 5.74) is 12.7. The van der Waals surface area contributed by atoms with Crippen molar-refractivity contribution in [3.8, 4) is 45.5 Å². The van der Waals surface area contributed by atoms with Crippen molar-refractivity contribution in [2.24, 2.45) is 11.7 Å². The number of nitrogens with two attached hydrogens (primary N) is 1. The first-order valence-corrected chi connectivity index (χ1v) is 15.4. The van der Waals surface area contributed by atoms with E-state index in [0.717, 1.165) is 44.5 Å². The molecule has 10 rings (SSSR count). The first-order chi connectivity index (χ1) is 22.3. The minimum Gasteiger partial charge on any atom is -0.506 e. The third kappa shape index (κ3) is 3.07. The van der Waals surface area contributed by atoms with Crippen LogP contribution in [0.1, 0.15) is 48.2 Å². The van der Waals surface area contributed by atoms with Gasteiger partial charge < -0.3 is 40.0 Å². The Bertz CT molecular complexity index is 2300. The van der Waals surface area contributed by atoms with Gasteiger partial charge in [-0.1, -0.05) is 44.2 Å².